The number of nitrogens with zero attached hydrogens (tertiary/aromatic N) is 2. The fourth-order valence-corrected chi connectivity index (χ4v) is 9.08. The number of benzene rings is 1. The number of hydrogen-bond acceptors (Lipinski definition) is 9. The Kier molecular flexibility index (Phi) is 10.2. The van der Waals surface area contributed by atoms with Crippen LogP contribution in [0.3, 0.4) is 0 Å². The normalized spacial score (nSPS) is 29.3. The molecule has 3 fully saturated rings. The molecule has 0 unspecified atom stereocenters. The van der Waals surface area contributed by atoms with Gasteiger partial charge >= 0.3 is 0 Å². The number of sulfonamides is 1. The highest BCUT2D eigenvalue weighted by Gasteiger charge is 2.61. The van der Waals surface area contributed by atoms with Crippen LogP contribution in [-0.2, 0) is 40.4 Å². The highest BCUT2D eigenvalue weighted by molar-refractivity contribution is 7.90. The molecule has 1 aromatic carbocycles. The van der Waals surface area contributed by atoms with Crippen LogP contribution < -0.4 is 9.46 Å². The van der Waals surface area contributed by atoms with Gasteiger partial charge in [0.05, 0.1) is 29.9 Å². The van der Waals surface area contributed by atoms with Crippen molar-refractivity contribution < 1.29 is 37.1 Å². The molecule has 3 heterocycles. The van der Waals surface area contributed by atoms with E-state index in [1.807, 2.05) is 33.8 Å². The number of pyridine rings is 1. The number of rotatable bonds is 7. The Labute approximate surface area is 301 Å². The Morgan fingerprint density at radius 1 is 1.20 bits per heavy atom. The van der Waals surface area contributed by atoms with E-state index in [4.69, 9.17) is 9.47 Å². The van der Waals surface area contributed by atoms with Gasteiger partial charge in [0.25, 0.3) is 0 Å². The number of allylic oxidation sites excluding steroid dienone is 1. The average molecular weight is 722 g/mol. The van der Waals surface area contributed by atoms with Crippen LogP contribution in [0.4, 0.5) is 0 Å². The first-order valence-corrected chi connectivity index (χ1v) is 19.8. The third kappa shape index (κ3) is 7.77. The molecule has 6 atom stereocenters. The van der Waals surface area contributed by atoms with Crippen LogP contribution in [0.25, 0.3) is 10.8 Å². The Hall–Kier alpha value is -3.64. The van der Waals surface area contributed by atoms with Gasteiger partial charge in [-0.1, -0.05) is 39.8 Å². The summed E-state index contributed by atoms with van der Waals surface area (Å²) >= 11 is 0. The van der Waals surface area contributed by atoms with Crippen molar-refractivity contribution in [2.75, 3.05) is 19.8 Å². The van der Waals surface area contributed by atoms with Gasteiger partial charge in [0.15, 0.2) is 5.78 Å². The molecule has 2 aromatic rings. The van der Waals surface area contributed by atoms with Crippen LogP contribution in [0.1, 0.15) is 83.8 Å². The highest BCUT2D eigenvalue weighted by atomic mass is 32.2. The fourth-order valence-electron chi connectivity index (χ4n) is 7.70. The second-order valence-corrected chi connectivity index (χ2v) is 18.2. The van der Waals surface area contributed by atoms with Crippen molar-refractivity contribution in [1.82, 2.24) is 14.6 Å². The lowest BCUT2D eigenvalue weighted by molar-refractivity contribution is -0.147. The maximum absolute atomic E-state index is 14.6. The Morgan fingerprint density at radius 2 is 1.94 bits per heavy atom. The number of fused-ring (bicyclic) bond motifs is 3. The van der Waals surface area contributed by atoms with E-state index in [9.17, 15) is 27.6 Å². The van der Waals surface area contributed by atoms with Gasteiger partial charge in [-0.05, 0) is 79.0 Å². The Balaban J connectivity index is 1.35. The van der Waals surface area contributed by atoms with Gasteiger partial charge in [-0.3, -0.25) is 23.9 Å². The van der Waals surface area contributed by atoms with E-state index in [1.54, 1.807) is 12.3 Å². The van der Waals surface area contributed by atoms with Crippen molar-refractivity contribution in [3.05, 3.63) is 48.2 Å². The summed E-state index contributed by atoms with van der Waals surface area (Å²) in [7, 11) is -3.83. The van der Waals surface area contributed by atoms with Crippen molar-refractivity contribution in [1.29, 1.82) is 0 Å². The van der Waals surface area contributed by atoms with Crippen LogP contribution >= 0.6 is 0 Å². The summed E-state index contributed by atoms with van der Waals surface area (Å²) in [6.45, 7) is 14.3. The SMILES string of the molecule is C=C[C@@H]1C[C@]1(CC(=O)[C@@H]1C[C@@H]2CN1C(=O)[C@H](C(C)(C)C)CC(=O)[C@@H](C)COCCCc1cc3c(nccc3cc1C)O2)C(=O)NS(=O)(=O)C1CC1. The lowest BCUT2D eigenvalue weighted by atomic mass is 9.75. The van der Waals surface area contributed by atoms with Gasteiger partial charge < -0.3 is 14.4 Å². The molecule has 1 aromatic heterocycles. The maximum atomic E-state index is 14.6. The summed E-state index contributed by atoms with van der Waals surface area (Å²) < 4.78 is 40.2. The number of Topliss-reactive ketones (excluding diaryl/α,β-unsaturated/α-hetero) is 2. The molecule has 0 spiro atoms. The smallest absolute Gasteiger partial charge is 0.240 e. The summed E-state index contributed by atoms with van der Waals surface area (Å²) in [4.78, 5) is 62.2. The summed E-state index contributed by atoms with van der Waals surface area (Å²) in [5, 5.41) is 1.20. The number of nitrogens with one attached hydrogen (secondary N) is 1. The molecule has 0 radical (unpaired) electrons. The first kappa shape index (κ1) is 37.1. The van der Waals surface area contributed by atoms with Gasteiger partial charge in [0.2, 0.25) is 27.7 Å². The van der Waals surface area contributed by atoms with Crippen LogP contribution in [0.2, 0.25) is 0 Å². The first-order valence-electron chi connectivity index (χ1n) is 18.2. The molecule has 4 bridgehead atoms. The molecule has 6 rings (SSSR count). The monoisotopic (exact) mass is 721 g/mol. The zero-order valence-electron chi connectivity index (χ0n) is 30.4. The highest BCUT2D eigenvalue weighted by Crippen LogP contribution is 2.57. The molecule has 12 heteroatoms. The minimum Gasteiger partial charge on any atom is -0.472 e. The number of ketones is 2. The van der Waals surface area contributed by atoms with Crippen LogP contribution in [-0.4, -0.2) is 78.8 Å². The van der Waals surface area contributed by atoms with Gasteiger partial charge in [0.1, 0.15) is 11.9 Å². The standard InChI is InChI=1S/C39H51N3O8S/c1-7-27-19-39(27,37(46)41-51(47,48)29-10-11-29)20-34(44)32-17-28-21-42(32)36(45)31(38(4,5)6)18-33(43)24(3)22-49-14-8-9-25-16-30-26(15-23(25)2)12-13-40-35(30)50-28/h7,12-13,15-16,24,27-29,31-32H,1,8-11,14,17-22H2,2-6H3,(H,41,46)/t24-,27+,28+,31+,32-,39+/m0/s1. The molecule has 2 saturated carbocycles. The molecule has 1 saturated heterocycles. The van der Waals surface area contributed by atoms with Crippen LogP contribution in [0, 0.1) is 35.5 Å². The topological polar surface area (TPSA) is 149 Å². The maximum Gasteiger partial charge on any atom is 0.240 e. The van der Waals surface area contributed by atoms with Crippen molar-refractivity contribution in [3.63, 3.8) is 0 Å². The van der Waals surface area contributed by atoms with Gasteiger partial charge in [-0.15, -0.1) is 6.58 Å². The van der Waals surface area contributed by atoms with E-state index in [2.05, 4.69) is 35.3 Å². The van der Waals surface area contributed by atoms with E-state index >= 15 is 0 Å². The molecule has 1 N–H and O–H groups in total. The summed E-state index contributed by atoms with van der Waals surface area (Å²) in [6.07, 6.45) is 5.40. The zero-order chi connectivity index (χ0) is 36.9. The predicted molar refractivity (Wildman–Crippen MR) is 192 cm³/mol. The van der Waals surface area contributed by atoms with Crippen LogP contribution in [0.15, 0.2) is 37.1 Å². The number of aromatic nitrogens is 1. The molecule has 2 aliphatic heterocycles. The lowest BCUT2D eigenvalue weighted by Gasteiger charge is -2.35. The molecule has 11 nitrogen and oxygen atoms in total. The van der Waals surface area contributed by atoms with Gasteiger partial charge in [-0.2, -0.15) is 0 Å². The number of hydrogen-bond donors (Lipinski definition) is 1. The number of aryl methyl sites for hydroxylation is 2. The van der Waals surface area contributed by atoms with E-state index in [0.29, 0.717) is 25.3 Å². The Bertz CT molecular complexity index is 1850. The second kappa shape index (κ2) is 14.1. The van der Waals surface area contributed by atoms with Gasteiger partial charge in [-0.25, -0.2) is 13.4 Å². The van der Waals surface area contributed by atoms with E-state index in [1.165, 1.54) is 4.90 Å². The van der Waals surface area contributed by atoms with Crippen molar-refractivity contribution in [2.24, 2.45) is 28.6 Å². The van der Waals surface area contributed by atoms with Gasteiger partial charge in [0, 0.05) is 49.3 Å². The number of ether oxygens (including phenoxy) is 2. The van der Waals surface area contributed by atoms with Crippen molar-refractivity contribution in [2.45, 2.75) is 103 Å². The number of carbonyl (C=O) groups is 4. The molecular weight excluding hydrogens is 671 g/mol. The zero-order valence-corrected chi connectivity index (χ0v) is 31.2. The molecule has 51 heavy (non-hydrogen) atoms. The van der Waals surface area contributed by atoms with Crippen molar-refractivity contribution >= 4 is 44.2 Å². The molecule has 276 valence electrons. The summed E-state index contributed by atoms with van der Waals surface area (Å²) in [5.41, 5.74) is 0.387. The van der Waals surface area contributed by atoms with E-state index in [0.717, 1.165) is 34.7 Å². The fraction of sp³-hybridized carbons (Fsp3) is 0.615. The average Bonchev–Trinajstić information content (AvgIpc) is 3.99. The minimum atomic E-state index is -3.83. The minimum absolute atomic E-state index is 0.00960. The molecule has 2 amide bonds. The number of carbonyl (C=O) groups excluding carboxylic acids is 4. The quantitative estimate of drug-likeness (QED) is 0.395. The molecule has 2 aliphatic carbocycles. The predicted octanol–water partition coefficient (Wildman–Crippen LogP) is 4.87. The third-order valence-electron chi connectivity index (χ3n) is 11.3. The molecular formula is C39H51N3O8S. The number of amides is 2. The summed E-state index contributed by atoms with van der Waals surface area (Å²) in [5.74, 6) is -2.59. The Morgan fingerprint density at radius 3 is 2.61 bits per heavy atom. The first-order chi connectivity index (χ1) is 24.0. The lowest BCUT2D eigenvalue weighted by Crippen LogP contribution is -2.49. The molecule has 4 aliphatic rings. The van der Waals surface area contributed by atoms with E-state index < -0.39 is 56.0 Å². The second-order valence-electron chi connectivity index (χ2n) is 16.3. The third-order valence-corrected chi connectivity index (χ3v) is 13.2. The summed E-state index contributed by atoms with van der Waals surface area (Å²) in [6, 6.07) is 5.16. The largest absolute Gasteiger partial charge is 0.472 e. The van der Waals surface area contributed by atoms with E-state index in [-0.39, 0.29) is 62.2 Å². The van der Waals surface area contributed by atoms with Crippen molar-refractivity contribution in [3.8, 4) is 5.88 Å². The van der Waals surface area contributed by atoms with Crippen LogP contribution in [0.5, 0.6) is 5.88 Å².